The van der Waals surface area contributed by atoms with E-state index in [1.807, 2.05) is 24.3 Å². The largest absolute Gasteiger partial charge is 0.496 e. The highest BCUT2D eigenvalue weighted by molar-refractivity contribution is 6.43. The number of ether oxygens (including phenoxy) is 1. The molecular formula is C13H14ClNO4. The number of methoxy groups -OCH3 is 1. The van der Waals surface area contributed by atoms with Crippen molar-refractivity contribution in [1.29, 1.82) is 0 Å². The lowest BCUT2D eigenvalue weighted by Crippen LogP contribution is -2.26. The Morgan fingerprint density at radius 2 is 2.11 bits per heavy atom. The van der Waals surface area contributed by atoms with E-state index in [9.17, 15) is 9.59 Å². The number of nitrogens with one attached hydrogen (secondary N) is 1. The number of para-hydroxylation sites is 1. The SMILES string of the molecule is COc1ccccc1CCNC(=O)/C(Cl)=C\C(=O)O. The van der Waals surface area contributed by atoms with Gasteiger partial charge in [-0.05, 0) is 18.1 Å². The van der Waals surface area contributed by atoms with Gasteiger partial charge in [-0.1, -0.05) is 29.8 Å². The predicted molar refractivity (Wildman–Crippen MR) is 71.3 cm³/mol. The van der Waals surface area contributed by atoms with E-state index in [4.69, 9.17) is 21.4 Å². The number of benzene rings is 1. The minimum Gasteiger partial charge on any atom is -0.496 e. The van der Waals surface area contributed by atoms with Gasteiger partial charge in [-0.2, -0.15) is 0 Å². The average Bonchev–Trinajstić information content (AvgIpc) is 2.38. The molecule has 0 aliphatic rings. The van der Waals surface area contributed by atoms with Crippen LogP contribution in [0.5, 0.6) is 5.75 Å². The number of rotatable bonds is 6. The molecule has 0 bridgehead atoms. The molecule has 1 aromatic carbocycles. The Morgan fingerprint density at radius 3 is 2.74 bits per heavy atom. The van der Waals surface area contributed by atoms with Crippen LogP contribution < -0.4 is 10.1 Å². The number of carbonyl (C=O) groups excluding carboxylic acids is 1. The molecular weight excluding hydrogens is 270 g/mol. The van der Waals surface area contributed by atoms with Gasteiger partial charge in [0, 0.05) is 12.6 Å². The Hall–Kier alpha value is -2.01. The van der Waals surface area contributed by atoms with E-state index in [-0.39, 0.29) is 5.03 Å². The van der Waals surface area contributed by atoms with E-state index >= 15 is 0 Å². The smallest absolute Gasteiger partial charge is 0.330 e. The Morgan fingerprint density at radius 1 is 1.42 bits per heavy atom. The summed E-state index contributed by atoms with van der Waals surface area (Å²) in [7, 11) is 1.57. The summed E-state index contributed by atoms with van der Waals surface area (Å²) < 4.78 is 5.18. The molecule has 0 aliphatic carbocycles. The zero-order valence-electron chi connectivity index (χ0n) is 10.4. The molecule has 0 fully saturated rings. The lowest BCUT2D eigenvalue weighted by Gasteiger charge is -2.08. The van der Waals surface area contributed by atoms with Crippen molar-refractivity contribution in [2.45, 2.75) is 6.42 Å². The van der Waals surface area contributed by atoms with Crippen LogP contribution in [0.15, 0.2) is 35.4 Å². The molecule has 0 aliphatic heterocycles. The quantitative estimate of drug-likeness (QED) is 0.777. The number of carbonyl (C=O) groups is 2. The number of hydrogen-bond donors (Lipinski definition) is 2. The van der Waals surface area contributed by atoms with Crippen LogP contribution in [0.2, 0.25) is 0 Å². The van der Waals surface area contributed by atoms with Gasteiger partial charge in [0.25, 0.3) is 5.91 Å². The third-order valence-electron chi connectivity index (χ3n) is 2.34. The number of amides is 1. The van der Waals surface area contributed by atoms with E-state index < -0.39 is 11.9 Å². The van der Waals surface area contributed by atoms with Crippen LogP contribution >= 0.6 is 11.6 Å². The molecule has 5 nitrogen and oxygen atoms in total. The lowest BCUT2D eigenvalue weighted by molar-refractivity contribution is -0.131. The van der Waals surface area contributed by atoms with E-state index in [2.05, 4.69) is 5.32 Å². The number of hydrogen-bond acceptors (Lipinski definition) is 3. The molecule has 19 heavy (non-hydrogen) atoms. The molecule has 0 heterocycles. The molecule has 2 N–H and O–H groups in total. The van der Waals surface area contributed by atoms with Gasteiger partial charge in [-0.3, -0.25) is 4.79 Å². The van der Waals surface area contributed by atoms with Crippen molar-refractivity contribution < 1.29 is 19.4 Å². The van der Waals surface area contributed by atoms with Gasteiger partial charge in [-0.15, -0.1) is 0 Å². The standard InChI is InChI=1S/C13H14ClNO4/c1-19-11-5-3-2-4-9(11)6-7-15-13(18)10(14)8-12(16)17/h2-5,8H,6-7H2,1H3,(H,15,18)(H,16,17)/b10-8+. The summed E-state index contributed by atoms with van der Waals surface area (Å²) in [5.41, 5.74) is 0.948. The fourth-order valence-electron chi connectivity index (χ4n) is 1.48. The van der Waals surface area contributed by atoms with Crippen molar-refractivity contribution in [1.82, 2.24) is 5.32 Å². The molecule has 0 spiro atoms. The van der Waals surface area contributed by atoms with Crippen molar-refractivity contribution in [2.24, 2.45) is 0 Å². The lowest BCUT2D eigenvalue weighted by atomic mass is 10.1. The van der Waals surface area contributed by atoms with Crippen LogP contribution in [-0.2, 0) is 16.0 Å². The minimum atomic E-state index is -1.26. The van der Waals surface area contributed by atoms with Crippen LogP contribution in [0.25, 0.3) is 0 Å². The van der Waals surface area contributed by atoms with Gasteiger partial charge in [0.2, 0.25) is 0 Å². The molecule has 1 rings (SSSR count). The summed E-state index contributed by atoms with van der Waals surface area (Å²) in [6.07, 6.45) is 1.22. The van der Waals surface area contributed by atoms with Crippen molar-refractivity contribution in [3.05, 3.63) is 40.9 Å². The molecule has 0 atom stereocenters. The molecule has 0 saturated heterocycles. The first-order chi connectivity index (χ1) is 9.04. The highest BCUT2D eigenvalue weighted by atomic mass is 35.5. The Labute approximate surface area is 115 Å². The first kappa shape index (κ1) is 15.0. The van der Waals surface area contributed by atoms with Gasteiger partial charge in [0.1, 0.15) is 10.8 Å². The fourth-order valence-corrected chi connectivity index (χ4v) is 1.64. The van der Waals surface area contributed by atoms with Crippen molar-refractivity contribution in [2.75, 3.05) is 13.7 Å². The van der Waals surface area contributed by atoms with Gasteiger partial charge < -0.3 is 15.2 Å². The Bertz CT molecular complexity index is 499. The molecule has 0 saturated carbocycles. The van der Waals surface area contributed by atoms with Crippen LogP contribution in [0, 0.1) is 0 Å². The first-order valence-corrected chi connectivity index (χ1v) is 5.92. The predicted octanol–water partition coefficient (Wildman–Crippen LogP) is 1.56. The maximum absolute atomic E-state index is 11.4. The maximum atomic E-state index is 11.4. The minimum absolute atomic E-state index is 0.336. The molecule has 0 aromatic heterocycles. The summed E-state index contributed by atoms with van der Waals surface area (Å²) >= 11 is 5.51. The van der Waals surface area contributed by atoms with Crippen LogP contribution in [0.3, 0.4) is 0 Å². The highest BCUT2D eigenvalue weighted by Crippen LogP contribution is 2.17. The summed E-state index contributed by atoms with van der Waals surface area (Å²) in [6, 6.07) is 7.44. The second-order valence-corrected chi connectivity index (χ2v) is 4.06. The monoisotopic (exact) mass is 283 g/mol. The van der Waals surface area contributed by atoms with Gasteiger partial charge in [0.15, 0.2) is 0 Å². The molecule has 0 radical (unpaired) electrons. The van der Waals surface area contributed by atoms with Crippen LogP contribution in [-0.4, -0.2) is 30.6 Å². The Kier molecular flexibility index (Phi) is 5.89. The zero-order chi connectivity index (χ0) is 14.3. The summed E-state index contributed by atoms with van der Waals surface area (Å²) in [6.45, 7) is 0.336. The molecule has 1 aromatic rings. The number of aliphatic carboxylic acids is 1. The Balaban J connectivity index is 2.50. The van der Waals surface area contributed by atoms with Crippen LogP contribution in [0.1, 0.15) is 5.56 Å². The summed E-state index contributed by atoms with van der Waals surface area (Å²) in [5, 5.41) is 10.6. The van der Waals surface area contributed by atoms with E-state index in [1.165, 1.54) is 0 Å². The van der Waals surface area contributed by atoms with Gasteiger partial charge in [-0.25, -0.2) is 4.79 Å². The highest BCUT2D eigenvalue weighted by Gasteiger charge is 2.08. The third kappa shape index (κ3) is 5.01. The topological polar surface area (TPSA) is 75.6 Å². The third-order valence-corrected chi connectivity index (χ3v) is 2.62. The van der Waals surface area contributed by atoms with Crippen molar-refractivity contribution in [3.63, 3.8) is 0 Å². The first-order valence-electron chi connectivity index (χ1n) is 5.55. The van der Waals surface area contributed by atoms with Crippen molar-refractivity contribution in [3.8, 4) is 5.75 Å². The van der Waals surface area contributed by atoms with E-state index in [1.54, 1.807) is 7.11 Å². The number of carboxylic acids is 1. The molecule has 1 amide bonds. The van der Waals surface area contributed by atoms with Crippen LogP contribution in [0.4, 0.5) is 0 Å². The normalized spacial score (nSPS) is 10.9. The number of carboxylic acid groups (broad SMARTS) is 1. The molecule has 102 valence electrons. The zero-order valence-corrected chi connectivity index (χ0v) is 11.1. The second kappa shape index (κ2) is 7.43. The fraction of sp³-hybridized carbons (Fsp3) is 0.231. The van der Waals surface area contributed by atoms with Gasteiger partial charge >= 0.3 is 5.97 Å². The maximum Gasteiger partial charge on any atom is 0.330 e. The summed E-state index contributed by atoms with van der Waals surface area (Å²) in [5.74, 6) is -1.13. The molecule has 6 heteroatoms. The van der Waals surface area contributed by atoms with E-state index in [0.29, 0.717) is 19.0 Å². The molecule has 0 unspecified atom stereocenters. The second-order valence-electron chi connectivity index (χ2n) is 3.65. The van der Waals surface area contributed by atoms with Crippen molar-refractivity contribution >= 4 is 23.5 Å². The average molecular weight is 284 g/mol. The summed E-state index contributed by atoms with van der Waals surface area (Å²) in [4.78, 5) is 21.8. The van der Waals surface area contributed by atoms with Gasteiger partial charge in [0.05, 0.1) is 7.11 Å². The number of halogens is 1. The van der Waals surface area contributed by atoms with E-state index in [0.717, 1.165) is 11.3 Å².